The minimum atomic E-state index is -5.76. The van der Waals surface area contributed by atoms with Gasteiger partial charge in [0.25, 0.3) is 9.84 Å². The van der Waals surface area contributed by atoms with E-state index in [1.807, 2.05) is 0 Å². The number of nitrogens with one attached hydrogen (secondary N) is 1. The molecular weight excluding hydrogens is 418 g/mol. The maximum atomic E-state index is 13.4. The molecule has 0 aliphatic carbocycles. The van der Waals surface area contributed by atoms with Crippen molar-refractivity contribution in [1.82, 2.24) is 0 Å². The van der Waals surface area contributed by atoms with E-state index in [9.17, 15) is 30.2 Å². The Bertz CT molecular complexity index is 962. The van der Waals surface area contributed by atoms with Crippen LogP contribution in [0.4, 0.5) is 28.9 Å². The van der Waals surface area contributed by atoms with Crippen molar-refractivity contribution in [2.45, 2.75) is 16.2 Å². The van der Waals surface area contributed by atoms with Gasteiger partial charge in [0.05, 0.1) is 5.69 Å². The number of benzene rings is 2. The Morgan fingerprint density at radius 3 is 2.38 bits per heavy atom. The van der Waals surface area contributed by atoms with Gasteiger partial charge in [0.15, 0.2) is 0 Å². The number of anilines is 2. The van der Waals surface area contributed by atoms with Crippen LogP contribution >= 0.6 is 11.6 Å². The third kappa shape index (κ3) is 4.54. The Kier molecular flexibility index (Phi) is 5.99. The molecule has 0 saturated heterocycles. The summed E-state index contributed by atoms with van der Waals surface area (Å²) in [6.07, 6.45) is 1.45. The highest BCUT2D eigenvalue weighted by Gasteiger charge is 2.48. The van der Waals surface area contributed by atoms with Gasteiger partial charge >= 0.3 is 5.51 Å². The smallest absolute Gasteiger partial charge is 0.354 e. The quantitative estimate of drug-likeness (QED) is 0.716. The molecule has 0 radical (unpaired) electrons. The normalized spacial score (nSPS) is 13.5. The van der Waals surface area contributed by atoms with Crippen molar-refractivity contribution >= 4 is 43.6 Å². The molecule has 11 heteroatoms. The summed E-state index contributed by atoms with van der Waals surface area (Å²) in [5.41, 5.74) is -5.36. The average Bonchev–Trinajstić information content (AvgIpc) is 2.50. The lowest BCUT2D eigenvalue weighted by Crippen LogP contribution is -2.24. The lowest BCUT2D eigenvalue weighted by atomic mass is 10.2. The van der Waals surface area contributed by atoms with Gasteiger partial charge in [0, 0.05) is 33.5 Å². The van der Waals surface area contributed by atoms with Crippen LogP contribution in [0.1, 0.15) is 5.56 Å². The number of alkyl halides is 3. The summed E-state index contributed by atoms with van der Waals surface area (Å²) in [6, 6.07) is 6.27. The molecule has 0 fully saturated rings. The van der Waals surface area contributed by atoms with E-state index in [1.165, 1.54) is 24.5 Å². The maximum absolute atomic E-state index is 13.4. The molecule has 0 saturated carbocycles. The summed E-state index contributed by atoms with van der Waals surface area (Å²) < 4.78 is 86.6. The maximum Gasteiger partial charge on any atom is 0.501 e. The minimum absolute atomic E-state index is 0.103. The van der Waals surface area contributed by atoms with E-state index in [-0.39, 0.29) is 11.4 Å². The summed E-state index contributed by atoms with van der Waals surface area (Å²) in [5, 5.41) is 2.81. The van der Waals surface area contributed by atoms with Gasteiger partial charge in [-0.15, -0.1) is 0 Å². The van der Waals surface area contributed by atoms with E-state index in [0.717, 1.165) is 12.1 Å². The number of rotatable bonds is 5. The first-order valence-corrected chi connectivity index (χ1v) is 10.5. The summed E-state index contributed by atoms with van der Waals surface area (Å²) >= 11 is 5.97. The molecule has 0 aliphatic rings. The van der Waals surface area contributed by atoms with Gasteiger partial charge in [-0.05, 0) is 42.0 Å². The number of hydrogen-bond donors (Lipinski definition) is 1. The molecule has 1 unspecified atom stereocenters. The van der Waals surface area contributed by atoms with Gasteiger partial charge in [0.1, 0.15) is 10.7 Å². The van der Waals surface area contributed by atoms with Crippen molar-refractivity contribution in [3.8, 4) is 0 Å². The second-order valence-corrected chi connectivity index (χ2v) is 8.99. The van der Waals surface area contributed by atoms with Crippen LogP contribution in [0.25, 0.3) is 0 Å². The van der Waals surface area contributed by atoms with E-state index in [1.54, 1.807) is 0 Å². The van der Waals surface area contributed by atoms with Crippen LogP contribution in [0.5, 0.6) is 0 Å². The van der Waals surface area contributed by atoms with Gasteiger partial charge in [-0.2, -0.15) is 13.2 Å². The SMILES string of the molecule is CS(=O)Cc1cc(Nc2ccc(F)cc2S(=O)(=O)C(F)(F)F)ccc1Cl. The molecule has 1 N–H and O–H groups in total. The van der Waals surface area contributed by atoms with E-state index >= 15 is 0 Å². The van der Waals surface area contributed by atoms with E-state index < -0.39 is 42.5 Å². The van der Waals surface area contributed by atoms with Crippen molar-refractivity contribution in [2.24, 2.45) is 0 Å². The lowest BCUT2D eigenvalue weighted by Gasteiger charge is -2.15. The third-order valence-electron chi connectivity index (χ3n) is 3.22. The van der Waals surface area contributed by atoms with Gasteiger partial charge in [-0.1, -0.05) is 11.6 Å². The molecule has 0 bridgehead atoms. The van der Waals surface area contributed by atoms with Crippen LogP contribution in [-0.4, -0.2) is 24.4 Å². The molecule has 1 atom stereocenters. The molecule has 4 nitrogen and oxygen atoms in total. The van der Waals surface area contributed by atoms with Gasteiger partial charge in [-0.25, -0.2) is 12.8 Å². The van der Waals surface area contributed by atoms with Crippen molar-refractivity contribution in [2.75, 3.05) is 11.6 Å². The summed E-state index contributed by atoms with van der Waals surface area (Å²) in [4.78, 5) is -1.24. The van der Waals surface area contributed by atoms with Crippen molar-refractivity contribution in [3.05, 3.63) is 52.8 Å². The largest absolute Gasteiger partial charge is 0.501 e. The highest BCUT2D eigenvalue weighted by molar-refractivity contribution is 7.92. The number of sulfone groups is 1. The summed E-state index contributed by atoms with van der Waals surface area (Å²) in [6.45, 7) is 0. The average molecular weight is 430 g/mol. The summed E-state index contributed by atoms with van der Waals surface area (Å²) in [7, 11) is -6.99. The molecule has 26 heavy (non-hydrogen) atoms. The van der Waals surface area contributed by atoms with Crippen LogP contribution in [0.2, 0.25) is 5.02 Å². The van der Waals surface area contributed by atoms with E-state index in [0.29, 0.717) is 16.7 Å². The molecule has 0 amide bonds. The molecular formula is C15H12ClF4NO3S2. The van der Waals surface area contributed by atoms with Crippen molar-refractivity contribution in [1.29, 1.82) is 0 Å². The molecule has 2 aromatic carbocycles. The Morgan fingerprint density at radius 2 is 1.81 bits per heavy atom. The topological polar surface area (TPSA) is 63.2 Å². The highest BCUT2D eigenvalue weighted by atomic mass is 35.5. The molecule has 0 heterocycles. The zero-order chi connectivity index (χ0) is 19.7. The first-order valence-electron chi connectivity index (χ1n) is 6.88. The zero-order valence-electron chi connectivity index (χ0n) is 13.1. The minimum Gasteiger partial charge on any atom is -0.354 e. The predicted molar refractivity (Wildman–Crippen MR) is 92.1 cm³/mol. The van der Waals surface area contributed by atoms with Gasteiger partial charge in [-0.3, -0.25) is 4.21 Å². The highest BCUT2D eigenvalue weighted by Crippen LogP contribution is 2.36. The second kappa shape index (κ2) is 7.53. The van der Waals surface area contributed by atoms with E-state index in [4.69, 9.17) is 11.6 Å². The molecule has 0 aromatic heterocycles. The van der Waals surface area contributed by atoms with Crippen molar-refractivity contribution in [3.63, 3.8) is 0 Å². The van der Waals surface area contributed by atoms with E-state index in [2.05, 4.69) is 5.32 Å². The summed E-state index contributed by atoms with van der Waals surface area (Å²) in [5.74, 6) is -1.03. The van der Waals surface area contributed by atoms with Gasteiger partial charge < -0.3 is 5.32 Å². The fourth-order valence-electron chi connectivity index (χ4n) is 2.08. The zero-order valence-corrected chi connectivity index (χ0v) is 15.5. The standard InChI is InChI=1S/C15H12ClF4NO3S2/c1-25(22)8-9-6-11(3-4-12(9)16)21-13-5-2-10(17)7-14(13)26(23,24)15(18,19)20/h2-7,21H,8H2,1H3. The van der Waals surface area contributed by atoms with Crippen LogP contribution in [0.15, 0.2) is 41.3 Å². The molecule has 0 spiro atoms. The van der Waals surface area contributed by atoms with Crippen LogP contribution in [0, 0.1) is 5.82 Å². The molecule has 142 valence electrons. The molecule has 2 rings (SSSR count). The molecule has 0 aliphatic heterocycles. The fraction of sp³-hybridized carbons (Fsp3) is 0.200. The fourth-order valence-corrected chi connectivity index (χ4v) is 3.95. The van der Waals surface area contributed by atoms with Crippen LogP contribution in [0.3, 0.4) is 0 Å². The van der Waals surface area contributed by atoms with Crippen LogP contribution in [-0.2, 0) is 26.4 Å². The Balaban J connectivity index is 2.50. The first kappa shape index (κ1) is 20.7. The van der Waals surface area contributed by atoms with Gasteiger partial charge in [0.2, 0.25) is 0 Å². The third-order valence-corrected chi connectivity index (χ3v) is 5.83. The number of hydrogen-bond acceptors (Lipinski definition) is 4. The van der Waals surface area contributed by atoms with Crippen molar-refractivity contribution < 1.29 is 30.2 Å². The molecule has 2 aromatic rings. The lowest BCUT2D eigenvalue weighted by molar-refractivity contribution is -0.0435. The van der Waals surface area contributed by atoms with Crippen LogP contribution < -0.4 is 5.32 Å². The Hall–Kier alpha value is -1.65. The monoisotopic (exact) mass is 429 g/mol. The predicted octanol–water partition coefficient (Wildman–Crippen LogP) is 4.39. The Morgan fingerprint density at radius 1 is 1.15 bits per heavy atom. The number of halogens is 5. The second-order valence-electron chi connectivity index (χ2n) is 5.24. The first-order chi connectivity index (χ1) is 11.9. The Labute approximate surface area is 154 Å².